The number of halogens is 2. The Hall–Kier alpha value is -1.78. The lowest BCUT2D eigenvalue weighted by Crippen LogP contribution is -2.24. The third-order valence-corrected chi connectivity index (χ3v) is 2.61. The second-order valence-corrected chi connectivity index (χ2v) is 3.70. The summed E-state index contributed by atoms with van der Waals surface area (Å²) in [5.41, 5.74) is -0.658. The van der Waals surface area contributed by atoms with Crippen molar-refractivity contribution in [3.8, 4) is 0 Å². The lowest BCUT2D eigenvalue weighted by molar-refractivity contribution is -0.140. The lowest BCUT2D eigenvalue weighted by Gasteiger charge is -2.10. The zero-order chi connectivity index (χ0) is 13.2. The number of hydrogen-bond acceptors (Lipinski definition) is 2. The second kappa shape index (κ2) is 5.03. The SMILES string of the molecule is CCC(C(=O)O)C(=O)c1ccc(F)c(C)c1F. The predicted octanol–water partition coefficient (Wildman–Crippen LogP) is 2.57. The van der Waals surface area contributed by atoms with Gasteiger partial charge in [0.2, 0.25) is 0 Å². The number of aliphatic carboxylic acids is 1. The Labute approximate surface area is 97.1 Å². The summed E-state index contributed by atoms with van der Waals surface area (Å²) in [6, 6.07) is 1.94. The number of ketones is 1. The van der Waals surface area contributed by atoms with E-state index in [9.17, 15) is 18.4 Å². The van der Waals surface area contributed by atoms with Crippen molar-refractivity contribution >= 4 is 11.8 Å². The first-order chi connectivity index (χ1) is 7.90. The fourth-order valence-corrected chi connectivity index (χ4v) is 1.51. The van der Waals surface area contributed by atoms with E-state index >= 15 is 0 Å². The summed E-state index contributed by atoms with van der Waals surface area (Å²) in [5, 5.41) is 8.80. The van der Waals surface area contributed by atoms with E-state index in [-0.39, 0.29) is 17.5 Å². The molecule has 0 amide bonds. The molecule has 0 saturated carbocycles. The van der Waals surface area contributed by atoms with Gasteiger partial charge >= 0.3 is 5.97 Å². The quantitative estimate of drug-likeness (QED) is 0.652. The lowest BCUT2D eigenvalue weighted by atomic mass is 9.94. The number of hydrogen-bond donors (Lipinski definition) is 1. The third kappa shape index (κ3) is 2.49. The molecule has 0 spiro atoms. The van der Waals surface area contributed by atoms with E-state index in [1.54, 1.807) is 0 Å². The van der Waals surface area contributed by atoms with Crippen molar-refractivity contribution in [3.05, 3.63) is 34.9 Å². The molecule has 0 aliphatic carbocycles. The third-order valence-electron chi connectivity index (χ3n) is 2.61. The van der Waals surface area contributed by atoms with Crippen LogP contribution in [0.5, 0.6) is 0 Å². The normalized spacial score (nSPS) is 12.2. The van der Waals surface area contributed by atoms with Crippen LogP contribution in [0.4, 0.5) is 8.78 Å². The summed E-state index contributed by atoms with van der Waals surface area (Å²) in [6.07, 6.45) is 0.0596. The highest BCUT2D eigenvalue weighted by Gasteiger charge is 2.28. The zero-order valence-corrected chi connectivity index (χ0v) is 9.46. The number of carboxylic acids is 1. The molecule has 0 saturated heterocycles. The Bertz CT molecular complexity index is 469. The van der Waals surface area contributed by atoms with Crippen molar-refractivity contribution in [2.24, 2.45) is 5.92 Å². The number of carboxylic acid groups (broad SMARTS) is 1. The summed E-state index contributed by atoms with van der Waals surface area (Å²) >= 11 is 0. The predicted molar refractivity (Wildman–Crippen MR) is 56.8 cm³/mol. The smallest absolute Gasteiger partial charge is 0.314 e. The van der Waals surface area contributed by atoms with Crippen LogP contribution in [0.2, 0.25) is 0 Å². The maximum Gasteiger partial charge on any atom is 0.314 e. The Morgan fingerprint density at radius 1 is 1.35 bits per heavy atom. The molecule has 0 aliphatic heterocycles. The Kier molecular flexibility index (Phi) is 3.93. The first-order valence-electron chi connectivity index (χ1n) is 5.11. The first-order valence-corrected chi connectivity index (χ1v) is 5.11. The topological polar surface area (TPSA) is 54.4 Å². The van der Waals surface area contributed by atoms with Gasteiger partial charge in [0.1, 0.15) is 17.6 Å². The van der Waals surface area contributed by atoms with Crippen LogP contribution in [0.15, 0.2) is 12.1 Å². The van der Waals surface area contributed by atoms with Crippen LogP contribution in [-0.4, -0.2) is 16.9 Å². The zero-order valence-electron chi connectivity index (χ0n) is 9.46. The number of Topliss-reactive ketones (excluding diaryl/α,β-unsaturated/α-hetero) is 1. The van der Waals surface area contributed by atoms with Gasteiger partial charge in [0, 0.05) is 5.56 Å². The molecule has 0 radical (unpaired) electrons. The Morgan fingerprint density at radius 3 is 2.41 bits per heavy atom. The van der Waals surface area contributed by atoms with E-state index in [0.29, 0.717) is 0 Å². The molecule has 0 aromatic heterocycles. The minimum Gasteiger partial charge on any atom is -0.481 e. The van der Waals surface area contributed by atoms with Crippen LogP contribution in [0, 0.1) is 24.5 Å². The van der Waals surface area contributed by atoms with Gasteiger partial charge < -0.3 is 5.11 Å². The molecule has 1 unspecified atom stereocenters. The van der Waals surface area contributed by atoms with Crippen molar-refractivity contribution in [3.63, 3.8) is 0 Å². The minimum absolute atomic E-state index is 0.0596. The molecule has 3 nitrogen and oxygen atoms in total. The van der Waals surface area contributed by atoms with Gasteiger partial charge in [-0.3, -0.25) is 9.59 Å². The molecular formula is C12H12F2O3. The van der Waals surface area contributed by atoms with Crippen molar-refractivity contribution in [2.45, 2.75) is 20.3 Å². The highest BCUT2D eigenvalue weighted by Crippen LogP contribution is 2.20. The maximum absolute atomic E-state index is 13.6. The Morgan fingerprint density at radius 2 is 1.94 bits per heavy atom. The van der Waals surface area contributed by atoms with Gasteiger partial charge in [0.05, 0.1) is 5.56 Å². The molecule has 0 fully saturated rings. The molecule has 5 heteroatoms. The van der Waals surface area contributed by atoms with Crippen molar-refractivity contribution in [1.82, 2.24) is 0 Å². The number of carbonyl (C=O) groups is 2. The van der Waals surface area contributed by atoms with E-state index in [1.165, 1.54) is 13.8 Å². The summed E-state index contributed by atoms with van der Waals surface area (Å²) in [6.45, 7) is 2.72. The van der Waals surface area contributed by atoms with Crippen molar-refractivity contribution in [1.29, 1.82) is 0 Å². The van der Waals surface area contributed by atoms with Crippen LogP contribution in [-0.2, 0) is 4.79 Å². The molecule has 1 aromatic carbocycles. The van der Waals surface area contributed by atoms with Gasteiger partial charge in [-0.1, -0.05) is 6.92 Å². The van der Waals surface area contributed by atoms with Crippen LogP contribution >= 0.6 is 0 Å². The van der Waals surface area contributed by atoms with Crippen LogP contribution in [0.3, 0.4) is 0 Å². The minimum atomic E-state index is -1.31. The molecule has 0 heterocycles. The molecule has 92 valence electrons. The largest absolute Gasteiger partial charge is 0.481 e. The van der Waals surface area contributed by atoms with E-state index < -0.39 is 29.3 Å². The monoisotopic (exact) mass is 242 g/mol. The first kappa shape index (κ1) is 13.3. The molecule has 1 rings (SSSR count). The second-order valence-electron chi connectivity index (χ2n) is 3.70. The highest BCUT2D eigenvalue weighted by molar-refractivity contribution is 6.08. The molecule has 1 N–H and O–H groups in total. The number of rotatable bonds is 4. The standard InChI is InChI=1S/C12H12F2O3/c1-3-7(12(16)17)11(15)8-4-5-9(13)6(2)10(8)14/h4-5,7H,3H2,1-2H3,(H,16,17). The van der Waals surface area contributed by atoms with E-state index in [4.69, 9.17) is 5.11 Å². The van der Waals surface area contributed by atoms with Crippen LogP contribution < -0.4 is 0 Å². The summed E-state index contributed by atoms with van der Waals surface area (Å²) in [5.74, 6) is -5.19. The van der Waals surface area contributed by atoms with Gasteiger partial charge in [-0.05, 0) is 25.5 Å². The van der Waals surface area contributed by atoms with E-state index in [0.717, 1.165) is 12.1 Å². The van der Waals surface area contributed by atoms with Crippen molar-refractivity contribution in [2.75, 3.05) is 0 Å². The fourth-order valence-electron chi connectivity index (χ4n) is 1.51. The molecule has 1 atom stereocenters. The molecule has 17 heavy (non-hydrogen) atoms. The van der Waals surface area contributed by atoms with Gasteiger partial charge in [0.25, 0.3) is 0 Å². The Balaban J connectivity index is 3.21. The number of benzene rings is 1. The van der Waals surface area contributed by atoms with E-state index in [1.807, 2.05) is 0 Å². The number of carbonyl (C=O) groups excluding carboxylic acids is 1. The van der Waals surface area contributed by atoms with Crippen LogP contribution in [0.1, 0.15) is 29.3 Å². The molecule has 0 bridgehead atoms. The summed E-state index contributed by atoms with van der Waals surface area (Å²) in [4.78, 5) is 22.5. The molecule has 0 aliphatic rings. The molecule has 1 aromatic rings. The van der Waals surface area contributed by atoms with Gasteiger partial charge in [0.15, 0.2) is 5.78 Å². The van der Waals surface area contributed by atoms with Crippen molar-refractivity contribution < 1.29 is 23.5 Å². The van der Waals surface area contributed by atoms with E-state index in [2.05, 4.69) is 0 Å². The average molecular weight is 242 g/mol. The summed E-state index contributed by atoms with van der Waals surface area (Å²) in [7, 11) is 0. The van der Waals surface area contributed by atoms with Crippen LogP contribution in [0.25, 0.3) is 0 Å². The van der Waals surface area contributed by atoms with Gasteiger partial charge in [-0.2, -0.15) is 0 Å². The summed E-state index contributed by atoms with van der Waals surface area (Å²) < 4.78 is 26.6. The van der Waals surface area contributed by atoms with Gasteiger partial charge in [-0.15, -0.1) is 0 Å². The maximum atomic E-state index is 13.6. The highest BCUT2D eigenvalue weighted by atomic mass is 19.1. The fraction of sp³-hybridized carbons (Fsp3) is 0.333. The average Bonchev–Trinajstić information content (AvgIpc) is 2.26. The molecular weight excluding hydrogens is 230 g/mol. The van der Waals surface area contributed by atoms with Gasteiger partial charge in [-0.25, -0.2) is 8.78 Å².